The van der Waals surface area contributed by atoms with Crippen LogP contribution in [0.4, 0.5) is 0 Å². The van der Waals surface area contributed by atoms with E-state index >= 15 is 0 Å². The summed E-state index contributed by atoms with van der Waals surface area (Å²) in [4.78, 5) is 12.8. The molecule has 14 heavy (non-hydrogen) atoms. The lowest BCUT2D eigenvalue weighted by Crippen LogP contribution is -2.42. The average Bonchev–Trinajstić information content (AvgIpc) is 1.98. The van der Waals surface area contributed by atoms with Crippen molar-refractivity contribution < 1.29 is 13.2 Å². The van der Waals surface area contributed by atoms with Gasteiger partial charge in [0.05, 0.1) is 0 Å². The Labute approximate surface area is 85.3 Å². The second-order valence-electron chi connectivity index (χ2n) is 3.80. The van der Waals surface area contributed by atoms with Crippen molar-refractivity contribution in [1.29, 1.82) is 0 Å². The molecule has 1 unspecified atom stereocenters. The van der Waals surface area contributed by atoms with Gasteiger partial charge >= 0.3 is 0 Å². The van der Waals surface area contributed by atoms with Crippen LogP contribution in [-0.4, -0.2) is 38.1 Å². The molecule has 0 saturated carbocycles. The Balaban J connectivity index is 4.41. The number of carbonyl (C=O) groups is 1. The quantitative estimate of drug-likeness (QED) is 0.714. The lowest BCUT2D eigenvalue weighted by atomic mass is 10.1. The third kappa shape index (κ3) is 4.57. The Morgan fingerprint density at radius 3 is 2.07 bits per heavy atom. The predicted molar refractivity (Wildman–Crippen MR) is 55.0 cm³/mol. The van der Waals surface area contributed by atoms with E-state index in [4.69, 9.17) is 5.14 Å². The molecule has 0 heterocycles. The molecule has 0 aromatic heterocycles. The molecule has 0 saturated heterocycles. The number of rotatable bonds is 4. The van der Waals surface area contributed by atoms with Crippen LogP contribution in [0.5, 0.6) is 0 Å². The smallest absolute Gasteiger partial charge is 0.239 e. The molecule has 5 nitrogen and oxygen atoms in total. The number of nitrogens with zero attached hydrogens (tertiary/aromatic N) is 1. The van der Waals surface area contributed by atoms with Gasteiger partial charge in [-0.2, -0.15) is 0 Å². The molecule has 1 atom stereocenters. The van der Waals surface area contributed by atoms with Crippen LogP contribution < -0.4 is 5.14 Å². The first kappa shape index (κ1) is 13.4. The number of primary sulfonamides is 1. The maximum Gasteiger partial charge on any atom is 0.239 e. The summed E-state index contributed by atoms with van der Waals surface area (Å²) in [6.07, 6.45) is 0. The van der Waals surface area contributed by atoms with E-state index in [0.717, 1.165) is 0 Å². The molecule has 0 radical (unpaired) electrons. The Morgan fingerprint density at radius 1 is 1.36 bits per heavy atom. The monoisotopic (exact) mass is 222 g/mol. The summed E-state index contributed by atoms with van der Waals surface area (Å²) in [6.45, 7) is 5.79. The highest BCUT2D eigenvalue weighted by molar-refractivity contribution is 7.89. The van der Waals surface area contributed by atoms with Crippen molar-refractivity contribution in [2.75, 3.05) is 12.8 Å². The van der Waals surface area contributed by atoms with Gasteiger partial charge in [0.2, 0.25) is 15.9 Å². The Kier molecular flexibility index (Phi) is 4.54. The van der Waals surface area contributed by atoms with Gasteiger partial charge in [-0.1, -0.05) is 13.8 Å². The number of amides is 1. The van der Waals surface area contributed by atoms with Gasteiger partial charge < -0.3 is 4.90 Å². The molecule has 6 heteroatoms. The van der Waals surface area contributed by atoms with Gasteiger partial charge in [0.1, 0.15) is 5.75 Å². The Morgan fingerprint density at radius 2 is 1.79 bits per heavy atom. The van der Waals surface area contributed by atoms with Crippen LogP contribution in [0.2, 0.25) is 0 Å². The Hall–Kier alpha value is -0.620. The van der Waals surface area contributed by atoms with Crippen LogP contribution >= 0.6 is 0 Å². The minimum absolute atomic E-state index is 0.00394. The first-order chi connectivity index (χ1) is 6.15. The van der Waals surface area contributed by atoms with E-state index in [2.05, 4.69) is 0 Å². The van der Waals surface area contributed by atoms with E-state index in [1.54, 1.807) is 7.05 Å². The highest BCUT2D eigenvalue weighted by Gasteiger charge is 2.21. The topological polar surface area (TPSA) is 80.5 Å². The zero-order valence-corrected chi connectivity index (χ0v) is 9.84. The van der Waals surface area contributed by atoms with E-state index in [-0.39, 0.29) is 12.0 Å². The van der Waals surface area contributed by atoms with E-state index < -0.39 is 21.7 Å². The standard InChI is InChI=1S/C8H18N2O3S/c1-6(2)7(3)10(4)8(11)5-14(9,12)13/h6-7H,5H2,1-4H3,(H2,9,12,13). The van der Waals surface area contributed by atoms with Crippen molar-refractivity contribution in [2.45, 2.75) is 26.8 Å². The van der Waals surface area contributed by atoms with Crippen LogP contribution in [0, 0.1) is 5.92 Å². The summed E-state index contributed by atoms with van der Waals surface area (Å²) in [7, 11) is -2.14. The fraction of sp³-hybridized carbons (Fsp3) is 0.875. The summed E-state index contributed by atoms with van der Waals surface area (Å²) in [5.74, 6) is -0.807. The molecule has 0 aromatic rings. The van der Waals surface area contributed by atoms with Crippen molar-refractivity contribution in [3.63, 3.8) is 0 Å². The third-order valence-corrected chi connectivity index (χ3v) is 2.94. The number of hydrogen-bond donors (Lipinski definition) is 1. The fourth-order valence-corrected chi connectivity index (χ4v) is 1.50. The summed E-state index contributed by atoms with van der Waals surface area (Å²) < 4.78 is 21.3. The highest BCUT2D eigenvalue weighted by Crippen LogP contribution is 2.08. The molecule has 2 N–H and O–H groups in total. The average molecular weight is 222 g/mol. The van der Waals surface area contributed by atoms with Gasteiger partial charge in [0.25, 0.3) is 0 Å². The molecule has 0 aromatic carbocycles. The van der Waals surface area contributed by atoms with Gasteiger partial charge in [0.15, 0.2) is 0 Å². The minimum Gasteiger partial charge on any atom is -0.342 e. The van der Waals surface area contributed by atoms with E-state index in [1.165, 1.54) is 4.90 Å². The summed E-state index contributed by atoms with van der Waals surface area (Å²) in [5.41, 5.74) is 0. The normalized spacial score (nSPS) is 14.1. The van der Waals surface area contributed by atoms with Gasteiger partial charge in [-0.25, -0.2) is 13.6 Å². The van der Waals surface area contributed by atoms with E-state index in [1.807, 2.05) is 20.8 Å². The zero-order chi connectivity index (χ0) is 11.5. The largest absolute Gasteiger partial charge is 0.342 e. The molecular weight excluding hydrogens is 204 g/mol. The molecule has 0 spiro atoms. The molecule has 84 valence electrons. The second-order valence-corrected chi connectivity index (χ2v) is 5.41. The van der Waals surface area contributed by atoms with Crippen LogP contribution in [-0.2, 0) is 14.8 Å². The van der Waals surface area contributed by atoms with E-state index in [9.17, 15) is 13.2 Å². The molecule has 0 rings (SSSR count). The Bertz CT molecular complexity index is 298. The minimum atomic E-state index is -3.72. The fourth-order valence-electron chi connectivity index (χ4n) is 0.948. The van der Waals surface area contributed by atoms with Crippen LogP contribution in [0.15, 0.2) is 0 Å². The summed E-state index contributed by atoms with van der Waals surface area (Å²) >= 11 is 0. The number of nitrogens with two attached hydrogens (primary N) is 1. The summed E-state index contributed by atoms with van der Waals surface area (Å²) in [6, 6.07) is 0.00394. The van der Waals surface area contributed by atoms with Crippen molar-refractivity contribution in [1.82, 2.24) is 4.90 Å². The first-order valence-electron chi connectivity index (χ1n) is 4.41. The lowest BCUT2D eigenvalue weighted by Gasteiger charge is -2.27. The van der Waals surface area contributed by atoms with Crippen LogP contribution in [0.3, 0.4) is 0 Å². The van der Waals surface area contributed by atoms with Gasteiger partial charge in [-0.05, 0) is 12.8 Å². The first-order valence-corrected chi connectivity index (χ1v) is 6.13. The highest BCUT2D eigenvalue weighted by atomic mass is 32.2. The second kappa shape index (κ2) is 4.75. The van der Waals surface area contributed by atoms with Crippen molar-refractivity contribution in [3.8, 4) is 0 Å². The number of sulfonamides is 1. The van der Waals surface area contributed by atoms with Crippen LogP contribution in [0.25, 0.3) is 0 Å². The van der Waals surface area contributed by atoms with Gasteiger partial charge in [-0.15, -0.1) is 0 Å². The molecule has 1 amide bonds. The SMILES string of the molecule is CC(C)C(C)N(C)C(=O)CS(N)(=O)=O. The maximum absolute atomic E-state index is 11.4. The lowest BCUT2D eigenvalue weighted by molar-refractivity contribution is -0.129. The van der Waals surface area contributed by atoms with Crippen molar-refractivity contribution >= 4 is 15.9 Å². The van der Waals surface area contributed by atoms with Crippen molar-refractivity contribution in [3.05, 3.63) is 0 Å². The third-order valence-electron chi connectivity index (χ3n) is 2.29. The zero-order valence-electron chi connectivity index (χ0n) is 9.02. The van der Waals surface area contributed by atoms with Gasteiger partial charge in [0, 0.05) is 13.1 Å². The molecule has 0 aliphatic carbocycles. The molecule has 0 aliphatic heterocycles. The maximum atomic E-state index is 11.4. The molecular formula is C8H18N2O3S. The number of hydrogen-bond acceptors (Lipinski definition) is 3. The van der Waals surface area contributed by atoms with Crippen molar-refractivity contribution in [2.24, 2.45) is 11.1 Å². The molecule has 0 bridgehead atoms. The predicted octanol–water partition coefficient (Wildman–Crippen LogP) is -0.222. The molecule has 0 aliphatic rings. The number of carbonyl (C=O) groups excluding carboxylic acids is 1. The van der Waals surface area contributed by atoms with E-state index in [0.29, 0.717) is 0 Å². The molecule has 0 fully saturated rings. The van der Waals surface area contributed by atoms with Gasteiger partial charge in [-0.3, -0.25) is 4.79 Å². The van der Waals surface area contributed by atoms with Crippen LogP contribution in [0.1, 0.15) is 20.8 Å². The summed E-state index contributed by atoms with van der Waals surface area (Å²) in [5, 5.41) is 4.78.